The van der Waals surface area contributed by atoms with Crippen molar-refractivity contribution in [1.29, 1.82) is 0 Å². The van der Waals surface area contributed by atoms with E-state index in [9.17, 15) is 12.8 Å². The molecule has 0 atom stereocenters. The van der Waals surface area contributed by atoms with Gasteiger partial charge in [0.15, 0.2) is 5.82 Å². The highest BCUT2D eigenvalue weighted by Crippen LogP contribution is 2.25. The van der Waals surface area contributed by atoms with Crippen LogP contribution in [0.25, 0.3) is 0 Å². The van der Waals surface area contributed by atoms with Crippen LogP contribution in [0.1, 0.15) is 0 Å². The number of benzene rings is 1. The van der Waals surface area contributed by atoms with Gasteiger partial charge in [-0.1, -0.05) is 17.7 Å². The van der Waals surface area contributed by atoms with Crippen molar-refractivity contribution in [2.45, 2.75) is 4.90 Å². The number of hydrogen-bond donors (Lipinski definition) is 2. The van der Waals surface area contributed by atoms with Crippen molar-refractivity contribution in [3.63, 3.8) is 0 Å². The first-order valence-corrected chi connectivity index (χ1v) is 6.95. The third-order valence-electron chi connectivity index (χ3n) is 2.29. The number of nitrogens with one attached hydrogen (secondary N) is 1. The largest absolute Gasteiger partial charge is 0.383 e. The monoisotopic (exact) mass is 301 g/mol. The second-order valence-electron chi connectivity index (χ2n) is 3.59. The van der Waals surface area contributed by atoms with Crippen LogP contribution >= 0.6 is 11.6 Å². The van der Waals surface area contributed by atoms with E-state index in [1.54, 1.807) is 0 Å². The Hall–Kier alpha value is -1.86. The van der Waals surface area contributed by atoms with E-state index in [4.69, 9.17) is 17.3 Å². The molecule has 100 valence electrons. The number of nitrogens with two attached hydrogens (primary N) is 1. The lowest BCUT2D eigenvalue weighted by molar-refractivity contribution is 0.598. The Kier molecular flexibility index (Phi) is 3.59. The van der Waals surface area contributed by atoms with Gasteiger partial charge in [0.05, 0.1) is 10.7 Å². The van der Waals surface area contributed by atoms with Gasteiger partial charge in [-0.2, -0.15) is 0 Å². The summed E-state index contributed by atoms with van der Waals surface area (Å²) in [6.07, 6.45) is 1.36. The first-order valence-electron chi connectivity index (χ1n) is 5.09. The first-order chi connectivity index (χ1) is 8.92. The Morgan fingerprint density at radius 1 is 1.26 bits per heavy atom. The third kappa shape index (κ3) is 2.77. The zero-order valence-corrected chi connectivity index (χ0v) is 11.0. The predicted molar refractivity (Wildman–Crippen MR) is 70.9 cm³/mol. The Morgan fingerprint density at radius 3 is 2.68 bits per heavy atom. The molecule has 0 radical (unpaired) electrons. The van der Waals surface area contributed by atoms with Crippen LogP contribution < -0.4 is 10.5 Å². The molecule has 0 aliphatic heterocycles. The van der Waals surface area contributed by atoms with E-state index in [0.717, 1.165) is 0 Å². The van der Waals surface area contributed by atoms with Crippen LogP contribution in [-0.4, -0.2) is 13.4 Å². The molecule has 0 unspecified atom stereocenters. The van der Waals surface area contributed by atoms with Crippen LogP contribution in [0.3, 0.4) is 0 Å². The molecule has 0 spiro atoms. The average Bonchev–Trinajstić information content (AvgIpc) is 2.35. The average molecular weight is 302 g/mol. The zero-order chi connectivity index (χ0) is 14.0. The van der Waals surface area contributed by atoms with E-state index >= 15 is 0 Å². The van der Waals surface area contributed by atoms with Gasteiger partial charge in [-0.05, 0) is 24.3 Å². The molecular formula is C11H9ClFN3O2S. The molecule has 1 aromatic heterocycles. The van der Waals surface area contributed by atoms with E-state index in [1.807, 2.05) is 0 Å². The molecule has 0 bridgehead atoms. The molecule has 0 amide bonds. The normalized spacial score (nSPS) is 11.3. The standard InChI is InChI=1S/C11H9ClFN3O2S/c12-7-3-1-4-8(10(7)13)16-19(17,18)9-5-2-6-15-11(9)14/h1-6,16H,(H2,14,15). The molecule has 2 aromatic rings. The van der Waals surface area contributed by atoms with Gasteiger partial charge in [0.25, 0.3) is 10.0 Å². The molecule has 8 heteroatoms. The third-order valence-corrected chi connectivity index (χ3v) is 3.99. The van der Waals surface area contributed by atoms with Crippen molar-refractivity contribution in [2.75, 3.05) is 10.5 Å². The minimum Gasteiger partial charge on any atom is -0.383 e. The van der Waals surface area contributed by atoms with Gasteiger partial charge >= 0.3 is 0 Å². The summed E-state index contributed by atoms with van der Waals surface area (Å²) in [5, 5.41) is -0.181. The van der Waals surface area contributed by atoms with E-state index < -0.39 is 15.8 Å². The zero-order valence-electron chi connectivity index (χ0n) is 9.47. The summed E-state index contributed by atoms with van der Waals surface area (Å²) in [5.74, 6) is -1.02. The number of hydrogen-bond acceptors (Lipinski definition) is 4. The first kappa shape index (κ1) is 13.6. The summed E-state index contributed by atoms with van der Waals surface area (Å²) >= 11 is 5.57. The molecule has 3 N–H and O–H groups in total. The van der Waals surface area contributed by atoms with Crippen LogP contribution in [0, 0.1) is 5.82 Å². The summed E-state index contributed by atoms with van der Waals surface area (Å²) in [5.41, 5.74) is 5.22. The van der Waals surface area contributed by atoms with E-state index in [0.29, 0.717) is 0 Å². The molecular weight excluding hydrogens is 293 g/mol. The number of anilines is 2. The van der Waals surface area contributed by atoms with Crippen molar-refractivity contribution in [3.8, 4) is 0 Å². The van der Waals surface area contributed by atoms with Crippen molar-refractivity contribution >= 4 is 33.1 Å². The molecule has 0 saturated heterocycles. The summed E-state index contributed by atoms with van der Waals surface area (Å²) < 4.78 is 39.8. The van der Waals surface area contributed by atoms with Crippen LogP contribution in [0.2, 0.25) is 5.02 Å². The molecule has 0 aliphatic carbocycles. The van der Waals surface area contributed by atoms with E-state index in [1.165, 1.54) is 36.5 Å². The highest BCUT2D eigenvalue weighted by molar-refractivity contribution is 7.92. The van der Waals surface area contributed by atoms with E-state index in [-0.39, 0.29) is 21.4 Å². The summed E-state index contributed by atoms with van der Waals surface area (Å²) in [4.78, 5) is 3.44. The van der Waals surface area contributed by atoms with Crippen molar-refractivity contribution in [2.24, 2.45) is 0 Å². The van der Waals surface area contributed by atoms with Crippen LogP contribution in [-0.2, 0) is 10.0 Å². The smallest absolute Gasteiger partial charge is 0.265 e. The van der Waals surface area contributed by atoms with Gasteiger partial charge in [-0.15, -0.1) is 0 Å². The second-order valence-corrected chi connectivity index (χ2v) is 5.65. The summed E-state index contributed by atoms with van der Waals surface area (Å²) in [6, 6.07) is 6.68. The Morgan fingerprint density at radius 2 is 2.00 bits per heavy atom. The molecule has 0 fully saturated rings. The fraction of sp³-hybridized carbons (Fsp3) is 0. The Bertz CT molecular complexity index is 722. The number of aromatic nitrogens is 1. The number of sulfonamides is 1. The van der Waals surface area contributed by atoms with E-state index in [2.05, 4.69) is 9.71 Å². The summed E-state index contributed by atoms with van der Waals surface area (Å²) in [6.45, 7) is 0. The minimum atomic E-state index is -4.02. The number of nitrogen functional groups attached to an aromatic ring is 1. The van der Waals surface area contributed by atoms with Crippen molar-refractivity contribution in [3.05, 3.63) is 47.4 Å². The molecule has 1 aromatic carbocycles. The Labute approximate surface area is 114 Å². The number of halogens is 2. The maximum absolute atomic E-state index is 13.6. The SMILES string of the molecule is Nc1ncccc1S(=O)(=O)Nc1cccc(Cl)c1F. The number of pyridine rings is 1. The highest BCUT2D eigenvalue weighted by Gasteiger charge is 2.20. The van der Waals surface area contributed by atoms with Crippen LogP contribution in [0.15, 0.2) is 41.4 Å². The second kappa shape index (κ2) is 5.02. The predicted octanol–water partition coefficient (Wildman–Crippen LogP) is 2.26. The van der Waals surface area contributed by atoms with Gasteiger partial charge in [-0.3, -0.25) is 4.72 Å². The van der Waals surface area contributed by atoms with Gasteiger partial charge < -0.3 is 5.73 Å². The summed E-state index contributed by atoms with van der Waals surface area (Å²) in [7, 11) is -4.02. The van der Waals surface area contributed by atoms with Crippen LogP contribution in [0.5, 0.6) is 0 Å². The van der Waals surface area contributed by atoms with Gasteiger partial charge in [-0.25, -0.2) is 17.8 Å². The lowest BCUT2D eigenvalue weighted by Crippen LogP contribution is -2.16. The molecule has 19 heavy (non-hydrogen) atoms. The van der Waals surface area contributed by atoms with Crippen molar-refractivity contribution < 1.29 is 12.8 Å². The quantitative estimate of drug-likeness (QED) is 0.910. The highest BCUT2D eigenvalue weighted by atomic mass is 35.5. The maximum atomic E-state index is 13.6. The Balaban J connectivity index is 2.43. The number of rotatable bonds is 3. The fourth-order valence-electron chi connectivity index (χ4n) is 1.41. The molecule has 1 heterocycles. The minimum absolute atomic E-state index is 0.169. The van der Waals surface area contributed by atoms with Gasteiger partial charge in [0.2, 0.25) is 0 Å². The number of nitrogens with zero attached hydrogens (tertiary/aromatic N) is 1. The molecule has 0 aliphatic rings. The lowest BCUT2D eigenvalue weighted by Gasteiger charge is -2.10. The molecule has 2 rings (SSSR count). The lowest BCUT2D eigenvalue weighted by atomic mass is 10.3. The topological polar surface area (TPSA) is 85.1 Å². The van der Waals surface area contributed by atoms with Crippen LogP contribution in [0.4, 0.5) is 15.9 Å². The maximum Gasteiger partial charge on any atom is 0.265 e. The fourth-order valence-corrected chi connectivity index (χ4v) is 2.73. The molecule has 5 nitrogen and oxygen atoms in total. The van der Waals surface area contributed by atoms with Gasteiger partial charge in [0.1, 0.15) is 10.7 Å². The van der Waals surface area contributed by atoms with Gasteiger partial charge in [0, 0.05) is 6.20 Å². The molecule has 0 saturated carbocycles. The van der Waals surface area contributed by atoms with Crippen molar-refractivity contribution in [1.82, 2.24) is 4.98 Å².